The molecule has 1 saturated heterocycles. The summed E-state index contributed by atoms with van der Waals surface area (Å²) >= 11 is 6.03. The zero-order chi connectivity index (χ0) is 13.1. The third-order valence-corrected chi connectivity index (χ3v) is 3.29. The van der Waals surface area contributed by atoms with Crippen LogP contribution in [0.25, 0.3) is 0 Å². The number of nitrogens with zero attached hydrogens (tertiary/aromatic N) is 2. The Kier molecular flexibility index (Phi) is 4.07. The molecule has 18 heavy (non-hydrogen) atoms. The van der Waals surface area contributed by atoms with Crippen molar-refractivity contribution >= 4 is 17.3 Å². The second-order valence-corrected chi connectivity index (χ2v) is 4.81. The van der Waals surface area contributed by atoms with Crippen molar-refractivity contribution in [3.8, 4) is 6.07 Å². The monoisotopic (exact) mass is 266 g/mol. The van der Waals surface area contributed by atoms with Crippen molar-refractivity contribution in [3.05, 3.63) is 28.8 Å². The average molecular weight is 267 g/mol. The number of hydrogen-bond acceptors (Lipinski definition) is 4. The molecule has 1 heterocycles. The Morgan fingerprint density at radius 3 is 3.00 bits per heavy atom. The topological polar surface area (TPSA) is 56.5 Å². The van der Waals surface area contributed by atoms with Crippen LogP contribution in [-0.2, 0) is 4.74 Å². The molecular weight excluding hydrogens is 252 g/mol. The van der Waals surface area contributed by atoms with Gasteiger partial charge in [-0.15, -0.1) is 0 Å². The summed E-state index contributed by atoms with van der Waals surface area (Å²) < 4.78 is 5.58. The molecular formula is C13H15ClN2O2. The van der Waals surface area contributed by atoms with Gasteiger partial charge in [0.2, 0.25) is 0 Å². The maximum Gasteiger partial charge on any atom is 0.103 e. The molecule has 2 unspecified atom stereocenters. The molecule has 5 heteroatoms. The molecule has 1 N–H and O–H groups in total. The minimum Gasteiger partial charge on any atom is -0.394 e. The van der Waals surface area contributed by atoms with E-state index in [0.29, 0.717) is 23.7 Å². The van der Waals surface area contributed by atoms with Crippen LogP contribution in [0.3, 0.4) is 0 Å². The van der Waals surface area contributed by atoms with Crippen LogP contribution in [0.4, 0.5) is 5.69 Å². The lowest BCUT2D eigenvalue weighted by atomic mass is 10.1. The fraction of sp³-hybridized carbons (Fsp3) is 0.462. The minimum absolute atomic E-state index is 0.0152. The maximum absolute atomic E-state index is 9.21. The van der Waals surface area contributed by atoms with E-state index in [1.165, 1.54) is 0 Å². The van der Waals surface area contributed by atoms with Crippen LogP contribution < -0.4 is 4.90 Å². The molecule has 2 atom stereocenters. The van der Waals surface area contributed by atoms with Crippen molar-refractivity contribution in [2.24, 2.45) is 0 Å². The van der Waals surface area contributed by atoms with Crippen LogP contribution in [0.2, 0.25) is 5.02 Å². The fourth-order valence-electron chi connectivity index (χ4n) is 2.23. The highest BCUT2D eigenvalue weighted by Crippen LogP contribution is 2.28. The predicted molar refractivity (Wildman–Crippen MR) is 69.8 cm³/mol. The van der Waals surface area contributed by atoms with E-state index in [1.807, 2.05) is 24.0 Å². The zero-order valence-corrected chi connectivity index (χ0v) is 10.9. The first kappa shape index (κ1) is 13.2. The van der Waals surface area contributed by atoms with E-state index in [-0.39, 0.29) is 18.8 Å². The van der Waals surface area contributed by atoms with Crippen LogP contribution >= 0.6 is 11.6 Å². The normalized spacial score (nSPS) is 23.8. The van der Waals surface area contributed by atoms with E-state index in [9.17, 15) is 10.4 Å². The van der Waals surface area contributed by atoms with Crippen LogP contribution in [0.5, 0.6) is 0 Å². The molecule has 0 saturated carbocycles. The van der Waals surface area contributed by atoms with Gasteiger partial charge in [-0.1, -0.05) is 17.7 Å². The molecule has 1 aliphatic rings. The number of halogens is 1. The summed E-state index contributed by atoms with van der Waals surface area (Å²) in [6.45, 7) is 3.18. The summed E-state index contributed by atoms with van der Waals surface area (Å²) in [7, 11) is 0. The molecule has 96 valence electrons. The number of hydrogen-bond donors (Lipinski definition) is 1. The minimum atomic E-state index is -0.223. The van der Waals surface area contributed by atoms with Gasteiger partial charge in [0.15, 0.2) is 0 Å². The van der Waals surface area contributed by atoms with Gasteiger partial charge in [0.1, 0.15) is 6.07 Å². The Morgan fingerprint density at radius 1 is 1.56 bits per heavy atom. The summed E-state index contributed by atoms with van der Waals surface area (Å²) in [5, 5.41) is 18.8. The summed E-state index contributed by atoms with van der Waals surface area (Å²) in [5.74, 6) is 0. The molecule has 1 aliphatic heterocycles. The third kappa shape index (κ3) is 2.59. The summed E-state index contributed by atoms with van der Waals surface area (Å²) in [4.78, 5) is 2.04. The smallest absolute Gasteiger partial charge is 0.103 e. The van der Waals surface area contributed by atoms with E-state index < -0.39 is 0 Å². The molecule has 0 spiro atoms. The maximum atomic E-state index is 9.21. The number of anilines is 1. The van der Waals surface area contributed by atoms with E-state index in [2.05, 4.69) is 6.07 Å². The second-order valence-electron chi connectivity index (χ2n) is 4.40. The highest BCUT2D eigenvalue weighted by molar-refractivity contribution is 6.32. The molecule has 1 aromatic rings. The fourth-order valence-corrected chi connectivity index (χ4v) is 2.44. The lowest BCUT2D eigenvalue weighted by Gasteiger charge is -2.38. The van der Waals surface area contributed by atoms with Crippen molar-refractivity contribution in [3.63, 3.8) is 0 Å². The molecule has 2 rings (SSSR count). The van der Waals surface area contributed by atoms with Gasteiger partial charge in [-0.3, -0.25) is 0 Å². The molecule has 0 aliphatic carbocycles. The van der Waals surface area contributed by atoms with Gasteiger partial charge in [-0.05, 0) is 19.1 Å². The van der Waals surface area contributed by atoms with Crippen LogP contribution in [0, 0.1) is 11.3 Å². The first-order valence-electron chi connectivity index (χ1n) is 5.85. The molecule has 0 aromatic heterocycles. The first-order valence-corrected chi connectivity index (χ1v) is 6.23. The summed E-state index contributed by atoms with van der Waals surface area (Å²) in [5.41, 5.74) is 1.28. The number of morpholine rings is 1. The number of ether oxygens (including phenoxy) is 1. The van der Waals surface area contributed by atoms with Crippen LogP contribution in [0.1, 0.15) is 12.5 Å². The van der Waals surface area contributed by atoms with Gasteiger partial charge in [0.05, 0.1) is 35.1 Å². The average Bonchev–Trinajstić information content (AvgIpc) is 2.37. The molecule has 1 fully saturated rings. The molecule has 0 radical (unpaired) electrons. The highest BCUT2D eigenvalue weighted by Gasteiger charge is 2.26. The van der Waals surface area contributed by atoms with Gasteiger partial charge < -0.3 is 14.7 Å². The lowest BCUT2D eigenvalue weighted by Crippen LogP contribution is -2.48. The SMILES string of the molecule is CC1CN(c2cccc(Cl)c2C#N)CC(CO)O1. The number of rotatable bonds is 2. The van der Waals surface area contributed by atoms with Gasteiger partial charge in [0, 0.05) is 13.1 Å². The van der Waals surface area contributed by atoms with E-state index in [4.69, 9.17) is 16.3 Å². The van der Waals surface area contributed by atoms with Crippen molar-refractivity contribution < 1.29 is 9.84 Å². The number of aliphatic hydroxyl groups is 1. The Hall–Kier alpha value is -1.28. The Labute approximate surface area is 111 Å². The molecule has 0 amide bonds. The van der Waals surface area contributed by atoms with Gasteiger partial charge in [-0.25, -0.2) is 0 Å². The van der Waals surface area contributed by atoms with Crippen molar-refractivity contribution in [1.29, 1.82) is 5.26 Å². The number of aliphatic hydroxyl groups excluding tert-OH is 1. The zero-order valence-electron chi connectivity index (χ0n) is 10.1. The molecule has 1 aromatic carbocycles. The van der Waals surface area contributed by atoms with Gasteiger partial charge >= 0.3 is 0 Å². The molecule has 0 bridgehead atoms. The summed E-state index contributed by atoms with van der Waals surface area (Å²) in [6, 6.07) is 7.54. The Bertz CT molecular complexity index is 473. The van der Waals surface area contributed by atoms with E-state index >= 15 is 0 Å². The number of benzene rings is 1. The quantitative estimate of drug-likeness (QED) is 0.887. The van der Waals surface area contributed by atoms with Crippen molar-refractivity contribution in [2.75, 3.05) is 24.6 Å². The van der Waals surface area contributed by atoms with Gasteiger partial charge in [0.25, 0.3) is 0 Å². The van der Waals surface area contributed by atoms with Crippen molar-refractivity contribution in [1.82, 2.24) is 0 Å². The largest absolute Gasteiger partial charge is 0.394 e. The highest BCUT2D eigenvalue weighted by atomic mass is 35.5. The van der Waals surface area contributed by atoms with Gasteiger partial charge in [-0.2, -0.15) is 5.26 Å². The first-order chi connectivity index (χ1) is 8.65. The van der Waals surface area contributed by atoms with E-state index in [1.54, 1.807) is 6.07 Å². The Balaban J connectivity index is 2.31. The predicted octanol–water partition coefficient (Wildman–Crippen LogP) is 1.80. The number of nitriles is 1. The standard InChI is InChI=1S/C13H15ClN2O2/c1-9-6-16(7-10(8-17)18-9)13-4-2-3-12(14)11(13)5-15/h2-4,9-10,17H,6-8H2,1H3. The lowest BCUT2D eigenvalue weighted by molar-refractivity contribution is -0.0421. The second kappa shape index (κ2) is 5.57. The van der Waals surface area contributed by atoms with E-state index in [0.717, 1.165) is 5.69 Å². The van der Waals surface area contributed by atoms with Crippen molar-refractivity contribution in [2.45, 2.75) is 19.1 Å². The van der Waals surface area contributed by atoms with Crippen LogP contribution in [-0.4, -0.2) is 37.0 Å². The molecule has 4 nitrogen and oxygen atoms in total. The van der Waals surface area contributed by atoms with Crippen LogP contribution in [0.15, 0.2) is 18.2 Å². The summed E-state index contributed by atoms with van der Waals surface area (Å²) in [6.07, 6.45) is -0.208. The Morgan fingerprint density at radius 2 is 2.33 bits per heavy atom. The third-order valence-electron chi connectivity index (χ3n) is 2.97.